The molecule has 8 nitrogen and oxygen atoms in total. The molecule has 2 aromatic carbocycles. The number of imidazole rings is 1. The fourth-order valence-electron chi connectivity index (χ4n) is 4.52. The zero-order chi connectivity index (χ0) is 23.9. The predicted molar refractivity (Wildman–Crippen MR) is 130 cm³/mol. The lowest BCUT2D eigenvalue weighted by atomic mass is 9.84. The Bertz CT molecular complexity index is 1410. The molecule has 34 heavy (non-hydrogen) atoms. The number of thiophene rings is 1. The zero-order valence-corrected chi connectivity index (χ0v) is 19.5. The molecule has 4 aromatic rings. The Balaban J connectivity index is 1.41. The van der Waals surface area contributed by atoms with Crippen LogP contribution in [0.2, 0.25) is 0 Å². The van der Waals surface area contributed by atoms with Gasteiger partial charge in [-0.2, -0.15) is 0 Å². The van der Waals surface area contributed by atoms with Crippen molar-refractivity contribution in [2.45, 2.75) is 31.8 Å². The maximum atomic E-state index is 13.7. The average molecular weight is 477 g/mol. The molecule has 0 aliphatic carbocycles. The highest BCUT2D eigenvalue weighted by atomic mass is 32.1. The second-order valence-electron chi connectivity index (χ2n) is 8.75. The van der Waals surface area contributed by atoms with Crippen LogP contribution in [0.4, 0.5) is 0 Å². The molecule has 2 amide bonds. The van der Waals surface area contributed by atoms with E-state index < -0.39 is 11.5 Å². The lowest BCUT2D eigenvalue weighted by molar-refractivity contribution is -0.150. The van der Waals surface area contributed by atoms with Gasteiger partial charge in [-0.25, -0.2) is 4.98 Å². The van der Waals surface area contributed by atoms with Crippen LogP contribution in [0.5, 0.6) is 0 Å². The maximum Gasteiger partial charge on any atom is 0.305 e. The van der Waals surface area contributed by atoms with Gasteiger partial charge < -0.3 is 19.9 Å². The van der Waals surface area contributed by atoms with Gasteiger partial charge in [-0.3, -0.25) is 14.4 Å². The predicted octanol–water partition coefficient (Wildman–Crippen LogP) is 3.89. The standard InChI is InChI=1S/C25H24N4O4S/c1-25(9-11-29(25)23(32)18-14-34-21-5-3-2-4-17(18)21)24(33)28(10-8-22(30)31)13-16-6-7-19-20(12-16)27-15-26-19/h2-7,12,14-15H,8-11,13H2,1H3,(H,26,27)(H,30,31). The van der Waals surface area contributed by atoms with Crippen molar-refractivity contribution in [1.29, 1.82) is 0 Å². The highest BCUT2D eigenvalue weighted by molar-refractivity contribution is 7.17. The topological polar surface area (TPSA) is 107 Å². The lowest BCUT2D eigenvalue weighted by Crippen LogP contribution is -2.67. The normalized spacial score (nSPS) is 17.6. The van der Waals surface area contributed by atoms with Crippen LogP contribution >= 0.6 is 11.3 Å². The molecular formula is C25H24N4O4S. The van der Waals surface area contributed by atoms with Crippen molar-refractivity contribution < 1.29 is 19.5 Å². The summed E-state index contributed by atoms with van der Waals surface area (Å²) >= 11 is 1.51. The summed E-state index contributed by atoms with van der Waals surface area (Å²) in [5.41, 5.74) is 2.11. The number of fused-ring (bicyclic) bond motifs is 2. The van der Waals surface area contributed by atoms with Gasteiger partial charge in [0, 0.05) is 35.1 Å². The minimum atomic E-state index is -1.02. The highest BCUT2D eigenvalue weighted by Gasteiger charge is 2.51. The van der Waals surface area contributed by atoms with Crippen LogP contribution in [0.15, 0.2) is 54.2 Å². The van der Waals surface area contributed by atoms with Crippen LogP contribution in [0, 0.1) is 0 Å². The number of hydrogen-bond donors (Lipinski definition) is 2. The molecule has 2 aromatic heterocycles. The quantitative estimate of drug-likeness (QED) is 0.421. The number of H-pyrrole nitrogens is 1. The van der Waals surface area contributed by atoms with Gasteiger partial charge in [0.2, 0.25) is 5.91 Å². The number of carbonyl (C=O) groups excluding carboxylic acids is 2. The molecular weight excluding hydrogens is 452 g/mol. The molecule has 3 heterocycles. The molecule has 1 aliphatic rings. The summed E-state index contributed by atoms with van der Waals surface area (Å²) in [5, 5.41) is 12.0. The number of aromatic nitrogens is 2. The summed E-state index contributed by atoms with van der Waals surface area (Å²) in [7, 11) is 0. The van der Waals surface area contributed by atoms with Crippen LogP contribution in [0.3, 0.4) is 0 Å². The first-order valence-corrected chi connectivity index (χ1v) is 12.0. The van der Waals surface area contributed by atoms with Crippen molar-refractivity contribution in [3.63, 3.8) is 0 Å². The monoisotopic (exact) mass is 476 g/mol. The molecule has 0 spiro atoms. The van der Waals surface area contributed by atoms with Crippen LogP contribution in [-0.4, -0.2) is 61.3 Å². The minimum Gasteiger partial charge on any atom is -0.481 e. The van der Waals surface area contributed by atoms with Gasteiger partial charge in [-0.15, -0.1) is 11.3 Å². The molecule has 1 saturated heterocycles. The number of aliphatic carboxylic acids is 1. The molecule has 1 fully saturated rings. The van der Waals surface area contributed by atoms with Gasteiger partial charge in [0.1, 0.15) is 5.54 Å². The fourth-order valence-corrected chi connectivity index (χ4v) is 5.46. The molecule has 1 atom stereocenters. The third kappa shape index (κ3) is 3.81. The van der Waals surface area contributed by atoms with E-state index in [0.717, 1.165) is 26.7 Å². The number of aromatic amines is 1. The lowest BCUT2D eigenvalue weighted by Gasteiger charge is -2.50. The Labute approximate surface area is 199 Å². The summed E-state index contributed by atoms with van der Waals surface area (Å²) in [6.45, 7) is 2.57. The van der Waals surface area contributed by atoms with E-state index in [2.05, 4.69) is 9.97 Å². The maximum absolute atomic E-state index is 13.7. The van der Waals surface area contributed by atoms with Crippen LogP contribution in [0.1, 0.15) is 35.7 Å². The van der Waals surface area contributed by atoms with Gasteiger partial charge in [0.25, 0.3) is 5.91 Å². The first-order chi connectivity index (χ1) is 16.4. The van der Waals surface area contributed by atoms with Crippen LogP contribution in [-0.2, 0) is 16.1 Å². The zero-order valence-electron chi connectivity index (χ0n) is 18.7. The van der Waals surface area contributed by atoms with Crippen molar-refractivity contribution >= 4 is 50.2 Å². The minimum absolute atomic E-state index is 0.0637. The second kappa shape index (κ2) is 8.57. The molecule has 0 bridgehead atoms. The second-order valence-corrected chi connectivity index (χ2v) is 9.66. The van der Waals surface area contributed by atoms with Crippen molar-refractivity contribution in [2.75, 3.05) is 13.1 Å². The number of likely N-dealkylation sites (tertiary alicyclic amines) is 1. The molecule has 5 rings (SSSR count). The number of benzene rings is 2. The van der Waals surface area contributed by atoms with Gasteiger partial charge >= 0.3 is 5.97 Å². The number of carboxylic acid groups (broad SMARTS) is 1. The number of amides is 2. The van der Waals surface area contributed by atoms with Crippen molar-refractivity contribution in [3.05, 3.63) is 65.3 Å². The Morgan fingerprint density at radius 1 is 1.24 bits per heavy atom. The van der Waals surface area contributed by atoms with Gasteiger partial charge in [-0.1, -0.05) is 24.3 Å². The molecule has 174 valence electrons. The average Bonchev–Trinajstić information content (AvgIpc) is 3.46. The van der Waals surface area contributed by atoms with Gasteiger partial charge in [0.15, 0.2) is 0 Å². The van der Waals surface area contributed by atoms with E-state index in [0.29, 0.717) is 18.5 Å². The van der Waals surface area contributed by atoms with Crippen LogP contribution in [0.25, 0.3) is 21.1 Å². The summed E-state index contributed by atoms with van der Waals surface area (Å²) in [6.07, 6.45) is 1.97. The number of rotatable bonds is 7. The van der Waals surface area contributed by atoms with E-state index in [1.807, 2.05) is 47.8 Å². The SMILES string of the molecule is CC1(C(=O)N(CCC(=O)O)Cc2ccc3nc[nH]c3c2)CCN1C(=O)c1csc2ccccc12. The first kappa shape index (κ1) is 22.1. The van der Waals surface area contributed by atoms with Crippen LogP contribution < -0.4 is 0 Å². The van der Waals surface area contributed by atoms with Gasteiger partial charge in [-0.05, 0) is 37.1 Å². The van der Waals surface area contributed by atoms with Crippen molar-refractivity contribution in [1.82, 2.24) is 19.8 Å². The van der Waals surface area contributed by atoms with E-state index in [-0.39, 0.29) is 31.3 Å². The number of carboxylic acids is 1. The summed E-state index contributed by atoms with van der Waals surface area (Å²) in [4.78, 5) is 48.9. The molecule has 0 radical (unpaired) electrons. The number of hydrogen-bond acceptors (Lipinski definition) is 5. The largest absolute Gasteiger partial charge is 0.481 e. The Kier molecular flexibility index (Phi) is 5.57. The van der Waals surface area contributed by atoms with E-state index >= 15 is 0 Å². The van der Waals surface area contributed by atoms with E-state index in [9.17, 15) is 19.5 Å². The first-order valence-electron chi connectivity index (χ1n) is 11.1. The van der Waals surface area contributed by atoms with Crippen molar-refractivity contribution in [2.24, 2.45) is 0 Å². The van der Waals surface area contributed by atoms with E-state index in [4.69, 9.17) is 0 Å². The summed E-state index contributed by atoms with van der Waals surface area (Å²) < 4.78 is 1.02. The smallest absolute Gasteiger partial charge is 0.305 e. The number of nitrogens with zero attached hydrogens (tertiary/aromatic N) is 3. The third-order valence-corrected chi connectivity index (χ3v) is 7.54. The molecule has 1 aliphatic heterocycles. The summed E-state index contributed by atoms with van der Waals surface area (Å²) in [5.74, 6) is -1.38. The molecule has 2 N–H and O–H groups in total. The number of nitrogens with one attached hydrogen (secondary N) is 1. The summed E-state index contributed by atoms with van der Waals surface area (Å²) in [6, 6.07) is 13.4. The highest BCUT2D eigenvalue weighted by Crippen LogP contribution is 2.36. The Morgan fingerprint density at radius 3 is 2.82 bits per heavy atom. The molecule has 9 heteroatoms. The van der Waals surface area contributed by atoms with E-state index in [1.165, 1.54) is 11.3 Å². The Morgan fingerprint density at radius 2 is 2.06 bits per heavy atom. The molecule has 1 unspecified atom stereocenters. The van der Waals surface area contributed by atoms with E-state index in [1.54, 1.807) is 23.1 Å². The van der Waals surface area contributed by atoms with Crippen molar-refractivity contribution in [3.8, 4) is 0 Å². The van der Waals surface area contributed by atoms with Gasteiger partial charge in [0.05, 0.1) is 29.3 Å². The Hall–Kier alpha value is -3.72. The fraction of sp³-hybridized carbons (Fsp3) is 0.280. The number of carbonyl (C=O) groups is 3. The molecule has 0 saturated carbocycles. The third-order valence-electron chi connectivity index (χ3n) is 6.58.